The molecule has 0 amide bonds. The van der Waals surface area contributed by atoms with Crippen molar-refractivity contribution in [3.05, 3.63) is 34.6 Å². The van der Waals surface area contributed by atoms with Gasteiger partial charge in [-0.2, -0.15) is 0 Å². The Balaban J connectivity index is 3.16. The number of rotatable bonds is 3. The van der Waals surface area contributed by atoms with Crippen molar-refractivity contribution in [1.29, 1.82) is 0 Å². The summed E-state index contributed by atoms with van der Waals surface area (Å²) >= 11 is 5.60. The quantitative estimate of drug-likeness (QED) is 0.860. The number of benzene rings is 1. The molecular formula is C11H12ClFO3. The third kappa shape index (κ3) is 2.33. The van der Waals surface area contributed by atoms with Gasteiger partial charge in [-0.15, -0.1) is 0 Å². The van der Waals surface area contributed by atoms with E-state index in [9.17, 15) is 14.3 Å². The summed E-state index contributed by atoms with van der Waals surface area (Å²) in [5.74, 6) is -1.91. The molecule has 0 radical (unpaired) electrons. The molecule has 0 aromatic heterocycles. The minimum atomic E-state index is -1.57. The van der Waals surface area contributed by atoms with Gasteiger partial charge in [0.2, 0.25) is 0 Å². The first-order valence-corrected chi connectivity index (χ1v) is 5.01. The molecule has 0 saturated heterocycles. The van der Waals surface area contributed by atoms with E-state index < -0.39 is 23.3 Å². The molecule has 1 aromatic carbocycles. The van der Waals surface area contributed by atoms with Crippen LogP contribution in [0.15, 0.2) is 18.2 Å². The smallest absolute Gasteiger partial charge is 0.333 e. The van der Waals surface area contributed by atoms with E-state index in [4.69, 9.17) is 16.7 Å². The molecule has 1 aromatic rings. The highest BCUT2D eigenvalue weighted by atomic mass is 35.5. The Bertz CT molecular complexity index is 418. The average molecular weight is 247 g/mol. The van der Waals surface area contributed by atoms with Crippen molar-refractivity contribution < 1.29 is 19.4 Å². The van der Waals surface area contributed by atoms with Crippen LogP contribution in [0.3, 0.4) is 0 Å². The largest absolute Gasteiger partial charge is 0.479 e. The number of carboxylic acid groups (broad SMARTS) is 1. The summed E-state index contributed by atoms with van der Waals surface area (Å²) in [5.41, 5.74) is -0.572. The van der Waals surface area contributed by atoms with Crippen LogP contribution in [-0.2, 0) is 10.2 Å². The second-order valence-electron chi connectivity index (χ2n) is 4.09. The number of aliphatic hydroxyl groups excluding tert-OH is 1. The number of carboxylic acids is 1. The minimum absolute atomic E-state index is 0.0943. The van der Waals surface area contributed by atoms with Gasteiger partial charge < -0.3 is 10.2 Å². The molecule has 0 saturated carbocycles. The van der Waals surface area contributed by atoms with E-state index in [2.05, 4.69) is 0 Å². The molecule has 0 bridgehead atoms. The van der Waals surface area contributed by atoms with E-state index in [0.717, 1.165) is 6.07 Å². The van der Waals surface area contributed by atoms with Crippen molar-refractivity contribution in [1.82, 2.24) is 0 Å². The average Bonchev–Trinajstić information content (AvgIpc) is 2.20. The Morgan fingerprint density at radius 3 is 2.50 bits per heavy atom. The summed E-state index contributed by atoms with van der Waals surface area (Å²) in [5, 5.41) is 18.2. The van der Waals surface area contributed by atoms with Crippen molar-refractivity contribution in [3.8, 4) is 0 Å². The lowest BCUT2D eigenvalue weighted by Gasteiger charge is -2.28. The Hall–Kier alpha value is -1.13. The Morgan fingerprint density at radius 1 is 1.50 bits per heavy atom. The second kappa shape index (κ2) is 4.39. The van der Waals surface area contributed by atoms with E-state index in [-0.39, 0.29) is 5.02 Å². The van der Waals surface area contributed by atoms with Crippen molar-refractivity contribution >= 4 is 17.6 Å². The molecule has 3 nitrogen and oxygen atoms in total. The van der Waals surface area contributed by atoms with E-state index in [1.165, 1.54) is 12.1 Å². The summed E-state index contributed by atoms with van der Waals surface area (Å²) in [6.07, 6.45) is -1.57. The first kappa shape index (κ1) is 12.9. The summed E-state index contributed by atoms with van der Waals surface area (Å²) in [7, 11) is 0. The SMILES string of the molecule is CC(C)(c1ccc(F)c(Cl)c1)C(O)C(=O)O. The normalized spacial score (nSPS) is 13.6. The summed E-state index contributed by atoms with van der Waals surface area (Å²) < 4.78 is 12.9. The maximum absolute atomic E-state index is 12.9. The van der Waals surface area contributed by atoms with Crippen LogP contribution in [-0.4, -0.2) is 22.3 Å². The van der Waals surface area contributed by atoms with E-state index in [0.29, 0.717) is 5.56 Å². The van der Waals surface area contributed by atoms with Crippen LogP contribution in [0.2, 0.25) is 5.02 Å². The van der Waals surface area contributed by atoms with E-state index >= 15 is 0 Å². The number of hydrogen-bond acceptors (Lipinski definition) is 2. The lowest BCUT2D eigenvalue weighted by Crippen LogP contribution is -2.39. The highest BCUT2D eigenvalue weighted by Crippen LogP contribution is 2.30. The maximum atomic E-state index is 12.9. The predicted molar refractivity (Wildman–Crippen MR) is 58.1 cm³/mol. The van der Waals surface area contributed by atoms with Gasteiger partial charge in [0.1, 0.15) is 5.82 Å². The Kier molecular flexibility index (Phi) is 3.55. The van der Waals surface area contributed by atoms with Crippen LogP contribution in [0.4, 0.5) is 4.39 Å². The van der Waals surface area contributed by atoms with Gasteiger partial charge in [0, 0.05) is 5.41 Å². The number of aliphatic carboxylic acids is 1. The number of halogens is 2. The molecule has 5 heteroatoms. The maximum Gasteiger partial charge on any atom is 0.333 e. The van der Waals surface area contributed by atoms with Crippen LogP contribution >= 0.6 is 11.6 Å². The predicted octanol–water partition coefficient (Wildman–Crippen LogP) is 2.20. The standard InChI is InChI=1S/C11H12ClFO3/c1-11(2,9(14)10(15)16)6-3-4-8(13)7(12)5-6/h3-5,9,14H,1-2H3,(H,15,16). The van der Waals surface area contributed by atoms with E-state index in [1.54, 1.807) is 13.8 Å². The molecular weight excluding hydrogens is 235 g/mol. The molecule has 88 valence electrons. The molecule has 0 aliphatic carbocycles. The minimum Gasteiger partial charge on any atom is -0.479 e. The molecule has 0 aliphatic rings. The highest BCUT2D eigenvalue weighted by Gasteiger charge is 2.35. The molecule has 1 atom stereocenters. The molecule has 0 aliphatic heterocycles. The van der Waals surface area contributed by atoms with Crippen LogP contribution in [0, 0.1) is 5.82 Å². The lowest BCUT2D eigenvalue weighted by atomic mass is 9.79. The van der Waals surface area contributed by atoms with Crippen molar-refractivity contribution in [2.75, 3.05) is 0 Å². The van der Waals surface area contributed by atoms with Crippen LogP contribution in [0.25, 0.3) is 0 Å². The highest BCUT2D eigenvalue weighted by molar-refractivity contribution is 6.30. The first-order valence-electron chi connectivity index (χ1n) is 4.63. The summed E-state index contributed by atoms with van der Waals surface area (Å²) in [6.45, 7) is 3.10. The monoisotopic (exact) mass is 246 g/mol. The fourth-order valence-electron chi connectivity index (χ4n) is 1.36. The molecule has 0 spiro atoms. The summed E-state index contributed by atoms with van der Waals surface area (Å²) in [6, 6.07) is 3.88. The molecule has 0 fully saturated rings. The Morgan fingerprint density at radius 2 is 2.06 bits per heavy atom. The molecule has 16 heavy (non-hydrogen) atoms. The van der Waals surface area contributed by atoms with Gasteiger partial charge in [0.15, 0.2) is 6.10 Å². The van der Waals surface area contributed by atoms with E-state index in [1.807, 2.05) is 0 Å². The zero-order valence-electron chi connectivity index (χ0n) is 8.87. The van der Waals surface area contributed by atoms with Crippen molar-refractivity contribution in [2.45, 2.75) is 25.4 Å². The van der Waals surface area contributed by atoms with Crippen LogP contribution < -0.4 is 0 Å². The second-order valence-corrected chi connectivity index (χ2v) is 4.50. The topological polar surface area (TPSA) is 57.5 Å². The summed E-state index contributed by atoms with van der Waals surface area (Å²) in [4.78, 5) is 10.7. The molecule has 2 N–H and O–H groups in total. The van der Waals surface area contributed by atoms with Gasteiger partial charge in [0.25, 0.3) is 0 Å². The van der Waals surface area contributed by atoms with Gasteiger partial charge in [-0.3, -0.25) is 0 Å². The van der Waals surface area contributed by atoms with Crippen LogP contribution in [0.1, 0.15) is 19.4 Å². The van der Waals surface area contributed by atoms with Gasteiger partial charge in [-0.05, 0) is 17.7 Å². The third-order valence-corrected chi connectivity index (χ3v) is 2.87. The van der Waals surface area contributed by atoms with Gasteiger partial charge in [-0.25, -0.2) is 9.18 Å². The fourth-order valence-corrected chi connectivity index (χ4v) is 1.54. The number of aliphatic hydroxyl groups is 1. The first-order chi connectivity index (χ1) is 7.26. The van der Waals surface area contributed by atoms with Crippen molar-refractivity contribution in [3.63, 3.8) is 0 Å². The van der Waals surface area contributed by atoms with Gasteiger partial charge in [0.05, 0.1) is 5.02 Å². The molecule has 0 heterocycles. The van der Waals surface area contributed by atoms with Gasteiger partial charge in [-0.1, -0.05) is 31.5 Å². The van der Waals surface area contributed by atoms with Crippen molar-refractivity contribution in [2.24, 2.45) is 0 Å². The lowest BCUT2D eigenvalue weighted by molar-refractivity contribution is -0.150. The zero-order chi connectivity index (χ0) is 12.5. The fraction of sp³-hybridized carbons (Fsp3) is 0.364. The molecule has 1 unspecified atom stereocenters. The molecule has 1 rings (SSSR count). The number of carbonyl (C=O) groups is 1. The van der Waals surface area contributed by atoms with Crippen LogP contribution in [0.5, 0.6) is 0 Å². The Labute approximate surface area is 97.5 Å². The number of hydrogen-bond donors (Lipinski definition) is 2. The van der Waals surface area contributed by atoms with Gasteiger partial charge >= 0.3 is 5.97 Å². The zero-order valence-corrected chi connectivity index (χ0v) is 9.62. The third-order valence-electron chi connectivity index (χ3n) is 2.58.